The van der Waals surface area contributed by atoms with E-state index in [9.17, 15) is 5.11 Å². The first kappa shape index (κ1) is 13.2. The third-order valence-electron chi connectivity index (χ3n) is 2.59. The predicted molar refractivity (Wildman–Crippen MR) is 60.1 cm³/mol. The molecule has 0 amide bonds. The molecule has 92 valence electrons. The average molecular weight is 228 g/mol. The molecule has 0 spiro atoms. The molecule has 5 heteroatoms. The van der Waals surface area contributed by atoms with Gasteiger partial charge in [-0.25, -0.2) is 0 Å². The van der Waals surface area contributed by atoms with Gasteiger partial charge >= 0.3 is 0 Å². The van der Waals surface area contributed by atoms with Gasteiger partial charge in [0.1, 0.15) is 6.10 Å². The number of methoxy groups -OCH3 is 2. The smallest absolute Gasteiger partial charge is 0.183 e. The van der Waals surface area contributed by atoms with Gasteiger partial charge in [-0.05, 0) is 12.5 Å². The van der Waals surface area contributed by atoms with Crippen molar-refractivity contribution in [3.8, 4) is 0 Å². The lowest BCUT2D eigenvalue weighted by atomic mass is 10.1. The van der Waals surface area contributed by atoms with Crippen LogP contribution in [0.2, 0.25) is 0 Å². The molecule has 0 aliphatic heterocycles. The minimum absolute atomic E-state index is 0.468. The Morgan fingerprint density at radius 2 is 2.06 bits per heavy atom. The second-order valence-electron chi connectivity index (χ2n) is 3.72. The highest BCUT2D eigenvalue weighted by molar-refractivity contribution is 5.11. The maximum Gasteiger partial charge on any atom is 0.183 e. The lowest BCUT2D eigenvalue weighted by Gasteiger charge is -2.19. The van der Waals surface area contributed by atoms with Crippen molar-refractivity contribution in [2.24, 2.45) is 7.05 Å². The fourth-order valence-corrected chi connectivity index (χ4v) is 1.66. The first-order valence-electron chi connectivity index (χ1n) is 5.37. The number of hydrogen-bond donors (Lipinski definition) is 1. The van der Waals surface area contributed by atoms with E-state index in [1.807, 2.05) is 13.1 Å². The number of nitrogens with zero attached hydrogens (tertiary/aromatic N) is 2. The van der Waals surface area contributed by atoms with Crippen molar-refractivity contribution >= 4 is 0 Å². The van der Waals surface area contributed by atoms with Gasteiger partial charge in [-0.2, -0.15) is 5.10 Å². The van der Waals surface area contributed by atoms with Crippen LogP contribution in [0.1, 0.15) is 18.3 Å². The lowest BCUT2D eigenvalue weighted by Crippen LogP contribution is -2.32. The van der Waals surface area contributed by atoms with Gasteiger partial charge in [-0.3, -0.25) is 4.68 Å². The van der Waals surface area contributed by atoms with Gasteiger partial charge in [0.05, 0.1) is 5.69 Å². The molecule has 1 atom stereocenters. The molecule has 16 heavy (non-hydrogen) atoms. The van der Waals surface area contributed by atoms with Crippen LogP contribution in [0.5, 0.6) is 0 Å². The van der Waals surface area contributed by atoms with Crippen LogP contribution in [0.4, 0.5) is 0 Å². The van der Waals surface area contributed by atoms with E-state index in [1.165, 1.54) is 14.2 Å². The number of aromatic nitrogens is 2. The van der Waals surface area contributed by atoms with E-state index in [1.54, 1.807) is 4.68 Å². The molecule has 1 heterocycles. The maximum absolute atomic E-state index is 9.88. The summed E-state index contributed by atoms with van der Waals surface area (Å²) in [5.74, 6) is 0. The third kappa shape index (κ3) is 3.04. The zero-order valence-corrected chi connectivity index (χ0v) is 10.3. The number of aliphatic hydroxyl groups excluding tert-OH is 1. The second kappa shape index (κ2) is 5.98. The number of aliphatic hydroxyl groups is 1. The first-order chi connectivity index (χ1) is 7.62. The highest BCUT2D eigenvalue weighted by atomic mass is 16.7. The maximum atomic E-state index is 9.88. The van der Waals surface area contributed by atoms with E-state index in [-0.39, 0.29) is 0 Å². The van der Waals surface area contributed by atoms with Gasteiger partial charge in [0.2, 0.25) is 0 Å². The standard InChI is InChI=1S/C11H20N2O3/c1-5-8-6-9(13(2)12-8)7-10(14)11(15-3)16-4/h6,10-11,14H,5,7H2,1-4H3. The molecular weight excluding hydrogens is 208 g/mol. The summed E-state index contributed by atoms with van der Waals surface area (Å²) in [5, 5.41) is 14.2. The van der Waals surface area contributed by atoms with Crippen molar-refractivity contribution in [3.63, 3.8) is 0 Å². The molecule has 0 saturated heterocycles. The molecule has 5 nitrogen and oxygen atoms in total. The van der Waals surface area contributed by atoms with Crippen molar-refractivity contribution in [1.82, 2.24) is 9.78 Å². The van der Waals surface area contributed by atoms with Gasteiger partial charge in [0.15, 0.2) is 6.29 Å². The molecule has 0 fully saturated rings. The quantitative estimate of drug-likeness (QED) is 0.721. The van der Waals surface area contributed by atoms with Crippen molar-refractivity contribution in [1.29, 1.82) is 0 Å². The van der Waals surface area contributed by atoms with E-state index < -0.39 is 12.4 Å². The topological polar surface area (TPSA) is 56.5 Å². The monoisotopic (exact) mass is 228 g/mol. The predicted octanol–water partition coefficient (Wildman–Crippen LogP) is 0.505. The Morgan fingerprint density at radius 3 is 2.50 bits per heavy atom. The van der Waals surface area contributed by atoms with Crippen LogP contribution in [0.15, 0.2) is 6.07 Å². The Balaban J connectivity index is 2.68. The van der Waals surface area contributed by atoms with E-state index in [0.29, 0.717) is 6.42 Å². The molecule has 0 aliphatic rings. The van der Waals surface area contributed by atoms with Crippen molar-refractivity contribution in [2.45, 2.75) is 32.2 Å². The fourth-order valence-electron chi connectivity index (χ4n) is 1.66. The molecule has 1 rings (SSSR count). The number of rotatable bonds is 6. The summed E-state index contributed by atoms with van der Waals surface area (Å²) >= 11 is 0. The van der Waals surface area contributed by atoms with Gasteiger partial charge < -0.3 is 14.6 Å². The Kier molecular flexibility index (Phi) is 4.92. The van der Waals surface area contributed by atoms with Crippen LogP contribution in [-0.2, 0) is 29.4 Å². The van der Waals surface area contributed by atoms with Crippen LogP contribution in [-0.4, -0.2) is 41.5 Å². The van der Waals surface area contributed by atoms with Gasteiger partial charge in [0.25, 0.3) is 0 Å². The molecule has 1 aromatic rings. The summed E-state index contributed by atoms with van der Waals surface area (Å²) in [4.78, 5) is 0. The van der Waals surface area contributed by atoms with E-state index in [4.69, 9.17) is 9.47 Å². The number of hydrogen-bond acceptors (Lipinski definition) is 4. The lowest BCUT2D eigenvalue weighted by molar-refractivity contribution is -0.163. The van der Waals surface area contributed by atoms with Crippen molar-refractivity contribution < 1.29 is 14.6 Å². The van der Waals surface area contributed by atoms with Crippen molar-refractivity contribution in [3.05, 3.63) is 17.5 Å². The van der Waals surface area contributed by atoms with E-state index >= 15 is 0 Å². The summed E-state index contributed by atoms with van der Waals surface area (Å²) in [6.07, 6.45) is 0.0766. The summed E-state index contributed by atoms with van der Waals surface area (Å²) < 4.78 is 11.8. The molecule has 0 aromatic carbocycles. The molecule has 1 aromatic heterocycles. The Morgan fingerprint density at radius 1 is 1.44 bits per heavy atom. The van der Waals surface area contributed by atoms with E-state index in [0.717, 1.165) is 17.8 Å². The Hall–Kier alpha value is -0.910. The second-order valence-corrected chi connectivity index (χ2v) is 3.72. The summed E-state index contributed by atoms with van der Waals surface area (Å²) in [6.45, 7) is 2.05. The minimum atomic E-state index is -0.685. The molecular formula is C11H20N2O3. The summed E-state index contributed by atoms with van der Waals surface area (Å²) in [6, 6.07) is 1.99. The molecule has 0 bridgehead atoms. The van der Waals surface area contributed by atoms with Gasteiger partial charge in [-0.15, -0.1) is 0 Å². The fraction of sp³-hybridized carbons (Fsp3) is 0.727. The number of ether oxygens (including phenoxy) is 2. The van der Waals surface area contributed by atoms with Crippen LogP contribution in [0.25, 0.3) is 0 Å². The highest BCUT2D eigenvalue weighted by Crippen LogP contribution is 2.10. The zero-order valence-electron chi connectivity index (χ0n) is 10.3. The molecule has 0 saturated carbocycles. The summed E-state index contributed by atoms with van der Waals surface area (Å²) in [7, 11) is 4.89. The molecule has 0 radical (unpaired) electrons. The van der Waals surface area contributed by atoms with Gasteiger partial charge in [-0.1, -0.05) is 6.92 Å². The minimum Gasteiger partial charge on any atom is -0.387 e. The van der Waals surface area contributed by atoms with Crippen LogP contribution in [0.3, 0.4) is 0 Å². The summed E-state index contributed by atoms with van der Waals surface area (Å²) in [5.41, 5.74) is 2.00. The number of aryl methyl sites for hydroxylation is 2. The van der Waals surface area contributed by atoms with Crippen molar-refractivity contribution in [2.75, 3.05) is 14.2 Å². The zero-order chi connectivity index (χ0) is 12.1. The first-order valence-corrected chi connectivity index (χ1v) is 5.37. The van der Waals surface area contributed by atoms with E-state index in [2.05, 4.69) is 12.0 Å². The normalized spacial score (nSPS) is 13.4. The van der Waals surface area contributed by atoms with Gasteiger partial charge in [0, 0.05) is 33.4 Å². The van der Waals surface area contributed by atoms with Crippen LogP contribution in [0, 0.1) is 0 Å². The average Bonchev–Trinajstić information content (AvgIpc) is 2.61. The molecule has 1 N–H and O–H groups in total. The molecule has 1 unspecified atom stereocenters. The van der Waals surface area contributed by atoms with Crippen LogP contribution >= 0.6 is 0 Å². The SMILES string of the molecule is CCc1cc(CC(O)C(OC)OC)n(C)n1. The Bertz CT molecular complexity index is 321. The third-order valence-corrected chi connectivity index (χ3v) is 2.59. The largest absolute Gasteiger partial charge is 0.387 e. The van der Waals surface area contributed by atoms with Crippen LogP contribution < -0.4 is 0 Å². The highest BCUT2D eigenvalue weighted by Gasteiger charge is 2.20. The Labute approximate surface area is 96.0 Å². The molecule has 0 aliphatic carbocycles.